The topological polar surface area (TPSA) is 83.0 Å². The van der Waals surface area contributed by atoms with Crippen LogP contribution in [0, 0.1) is 17.1 Å². The molecule has 0 aliphatic carbocycles. The van der Waals surface area contributed by atoms with Crippen molar-refractivity contribution in [2.45, 2.75) is 19.9 Å². The number of nitriles is 1. The van der Waals surface area contributed by atoms with Crippen LogP contribution in [0.2, 0.25) is 0 Å². The van der Waals surface area contributed by atoms with Crippen LogP contribution in [-0.2, 0) is 6.54 Å². The van der Waals surface area contributed by atoms with Crippen LogP contribution in [-0.4, -0.2) is 22.3 Å². The third-order valence-electron chi connectivity index (χ3n) is 4.86. The van der Waals surface area contributed by atoms with Gasteiger partial charge in [-0.05, 0) is 24.1 Å². The number of anilines is 1. The van der Waals surface area contributed by atoms with Gasteiger partial charge in [0.25, 0.3) is 5.91 Å². The van der Waals surface area contributed by atoms with Crippen LogP contribution in [0.4, 0.5) is 10.1 Å². The fraction of sp³-hybridized carbons (Fsp3) is 0.190. The molecule has 3 aromatic rings. The van der Waals surface area contributed by atoms with E-state index in [-0.39, 0.29) is 11.5 Å². The molecule has 0 saturated carbocycles. The molecule has 0 radical (unpaired) electrons. The van der Waals surface area contributed by atoms with Crippen molar-refractivity contribution in [2.75, 3.05) is 12.3 Å². The number of fused-ring (bicyclic) bond motifs is 2. The second-order valence-corrected chi connectivity index (χ2v) is 6.58. The van der Waals surface area contributed by atoms with Gasteiger partial charge in [0, 0.05) is 17.5 Å². The summed E-state index contributed by atoms with van der Waals surface area (Å²) in [7, 11) is 0. The van der Waals surface area contributed by atoms with Crippen molar-refractivity contribution in [3.05, 3.63) is 59.0 Å². The first-order valence-electron chi connectivity index (χ1n) is 8.75. The maximum Gasteiger partial charge on any atom is 0.258 e. The molecule has 1 aliphatic rings. The lowest BCUT2D eigenvalue weighted by atomic mass is 9.98. The molecule has 134 valence electrons. The molecule has 5 nitrogen and oxygen atoms in total. The van der Waals surface area contributed by atoms with Gasteiger partial charge in [-0.3, -0.25) is 4.79 Å². The summed E-state index contributed by atoms with van der Waals surface area (Å²) < 4.78 is 13.7. The number of carbonyl (C=O) groups is 1. The first kappa shape index (κ1) is 17.0. The Bertz CT molecular complexity index is 1130. The number of hydrogen-bond donors (Lipinski definition) is 1. The highest BCUT2D eigenvalue weighted by Gasteiger charge is 2.31. The standard InChI is InChI=1S/C21H17FN4O/c1-2-8-26-11-17-18(21(26)27)19(24)15-5-3-4-14(20(15)25-17)12-6-7-16(22)13(9-12)10-23/h3-7,9H,2,8,11H2,1H3,(H2,24,25). The number of hydrogen-bond acceptors (Lipinski definition) is 4. The zero-order chi connectivity index (χ0) is 19.1. The van der Waals surface area contributed by atoms with Gasteiger partial charge in [0.05, 0.1) is 34.6 Å². The van der Waals surface area contributed by atoms with E-state index in [1.54, 1.807) is 11.0 Å². The Hall–Kier alpha value is -3.46. The Labute approximate surface area is 155 Å². The molecule has 0 unspecified atom stereocenters. The Morgan fingerprint density at radius 2 is 2.15 bits per heavy atom. The van der Waals surface area contributed by atoms with E-state index in [0.717, 1.165) is 12.0 Å². The first-order chi connectivity index (χ1) is 13.0. The number of nitrogens with two attached hydrogens (primary N) is 1. The van der Waals surface area contributed by atoms with Crippen molar-refractivity contribution in [1.82, 2.24) is 9.88 Å². The molecule has 6 heteroatoms. The van der Waals surface area contributed by atoms with E-state index in [0.29, 0.717) is 46.5 Å². The summed E-state index contributed by atoms with van der Waals surface area (Å²) in [4.78, 5) is 19.1. The van der Waals surface area contributed by atoms with Gasteiger partial charge in [0.2, 0.25) is 0 Å². The number of pyridine rings is 1. The molecule has 1 aromatic heterocycles. The highest BCUT2D eigenvalue weighted by atomic mass is 19.1. The monoisotopic (exact) mass is 360 g/mol. The predicted molar refractivity (Wildman–Crippen MR) is 101 cm³/mol. The molecule has 2 heterocycles. The van der Waals surface area contributed by atoms with E-state index in [9.17, 15) is 9.18 Å². The van der Waals surface area contributed by atoms with Crippen molar-refractivity contribution < 1.29 is 9.18 Å². The molecule has 2 N–H and O–H groups in total. The fourth-order valence-electron chi connectivity index (χ4n) is 3.59. The maximum absolute atomic E-state index is 13.7. The average molecular weight is 360 g/mol. The Morgan fingerprint density at radius 3 is 2.89 bits per heavy atom. The Kier molecular flexibility index (Phi) is 4.00. The van der Waals surface area contributed by atoms with Crippen LogP contribution in [0.5, 0.6) is 0 Å². The van der Waals surface area contributed by atoms with Gasteiger partial charge in [0.15, 0.2) is 0 Å². The van der Waals surface area contributed by atoms with Gasteiger partial charge in [-0.25, -0.2) is 9.37 Å². The average Bonchev–Trinajstić information content (AvgIpc) is 2.98. The number of aromatic nitrogens is 1. The summed E-state index contributed by atoms with van der Waals surface area (Å²) in [6.45, 7) is 3.10. The minimum atomic E-state index is -0.560. The number of para-hydroxylation sites is 1. The zero-order valence-electron chi connectivity index (χ0n) is 14.8. The number of halogens is 1. The highest BCUT2D eigenvalue weighted by molar-refractivity contribution is 6.11. The van der Waals surface area contributed by atoms with E-state index in [4.69, 9.17) is 16.0 Å². The van der Waals surface area contributed by atoms with Crippen LogP contribution >= 0.6 is 0 Å². The Balaban J connectivity index is 1.94. The van der Waals surface area contributed by atoms with E-state index < -0.39 is 5.82 Å². The minimum absolute atomic E-state index is 0.0251. The molecule has 27 heavy (non-hydrogen) atoms. The van der Waals surface area contributed by atoms with Crippen molar-refractivity contribution >= 4 is 22.5 Å². The van der Waals surface area contributed by atoms with Crippen molar-refractivity contribution in [3.8, 4) is 17.2 Å². The number of amides is 1. The van der Waals surface area contributed by atoms with E-state index in [2.05, 4.69) is 0 Å². The molecule has 0 saturated heterocycles. The van der Waals surface area contributed by atoms with E-state index >= 15 is 0 Å². The largest absolute Gasteiger partial charge is 0.397 e. The molecule has 1 aliphatic heterocycles. The molecular formula is C21H17FN4O. The fourth-order valence-corrected chi connectivity index (χ4v) is 3.59. The third-order valence-corrected chi connectivity index (χ3v) is 4.86. The molecule has 0 atom stereocenters. The summed E-state index contributed by atoms with van der Waals surface area (Å²) in [6, 6.07) is 11.8. The molecular weight excluding hydrogens is 343 g/mol. The lowest BCUT2D eigenvalue weighted by molar-refractivity contribution is 0.0779. The maximum atomic E-state index is 13.7. The molecule has 1 amide bonds. The molecule has 4 rings (SSSR count). The van der Waals surface area contributed by atoms with E-state index in [1.807, 2.05) is 31.2 Å². The Morgan fingerprint density at radius 1 is 1.33 bits per heavy atom. The quantitative estimate of drug-likeness (QED) is 0.769. The number of nitrogen functional groups attached to an aromatic ring is 1. The number of nitrogens with zero attached hydrogens (tertiary/aromatic N) is 3. The van der Waals surface area contributed by atoms with E-state index in [1.165, 1.54) is 12.1 Å². The zero-order valence-corrected chi connectivity index (χ0v) is 14.8. The van der Waals surface area contributed by atoms with Crippen LogP contribution < -0.4 is 5.73 Å². The molecule has 2 aromatic carbocycles. The number of carbonyl (C=O) groups excluding carboxylic acids is 1. The van der Waals surface area contributed by atoms with Crippen LogP contribution in [0.25, 0.3) is 22.0 Å². The summed E-state index contributed by atoms with van der Waals surface area (Å²) in [5, 5.41) is 9.80. The van der Waals surface area contributed by atoms with Crippen molar-refractivity contribution in [2.24, 2.45) is 0 Å². The minimum Gasteiger partial charge on any atom is -0.397 e. The summed E-state index contributed by atoms with van der Waals surface area (Å²) in [5.74, 6) is -0.645. The summed E-state index contributed by atoms with van der Waals surface area (Å²) in [6.07, 6.45) is 0.858. The summed E-state index contributed by atoms with van der Waals surface area (Å²) in [5.41, 5.74) is 9.96. The van der Waals surface area contributed by atoms with Crippen molar-refractivity contribution in [1.29, 1.82) is 5.26 Å². The third kappa shape index (κ3) is 2.59. The van der Waals surface area contributed by atoms with Gasteiger partial charge in [-0.1, -0.05) is 31.2 Å². The smallest absolute Gasteiger partial charge is 0.258 e. The van der Waals surface area contributed by atoms with Gasteiger partial charge in [-0.2, -0.15) is 5.26 Å². The predicted octanol–water partition coefficient (Wildman–Crippen LogP) is 3.86. The van der Waals surface area contributed by atoms with Gasteiger partial charge < -0.3 is 10.6 Å². The summed E-state index contributed by atoms with van der Waals surface area (Å²) >= 11 is 0. The van der Waals surface area contributed by atoms with Gasteiger partial charge in [-0.15, -0.1) is 0 Å². The highest BCUT2D eigenvalue weighted by Crippen LogP contribution is 2.36. The SMILES string of the molecule is CCCN1Cc2nc3c(-c4ccc(F)c(C#N)c4)cccc3c(N)c2C1=O. The molecule has 0 fully saturated rings. The normalized spacial score (nSPS) is 13.1. The van der Waals surface area contributed by atoms with Crippen LogP contribution in [0.3, 0.4) is 0 Å². The van der Waals surface area contributed by atoms with Crippen LogP contribution in [0.1, 0.15) is 35.0 Å². The number of rotatable bonds is 3. The second kappa shape index (κ2) is 6.36. The first-order valence-corrected chi connectivity index (χ1v) is 8.75. The van der Waals surface area contributed by atoms with Crippen molar-refractivity contribution in [3.63, 3.8) is 0 Å². The van der Waals surface area contributed by atoms with Crippen LogP contribution in [0.15, 0.2) is 36.4 Å². The van der Waals surface area contributed by atoms with Gasteiger partial charge >= 0.3 is 0 Å². The second-order valence-electron chi connectivity index (χ2n) is 6.58. The van der Waals surface area contributed by atoms with Gasteiger partial charge in [0.1, 0.15) is 11.9 Å². The lowest BCUT2D eigenvalue weighted by Crippen LogP contribution is -2.24. The molecule has 0 spiro atoms. The number of benzene rings is 2. The molecule has 0 bridgehead atoms. The lowest BCUT2D eigenvalue weighted by Gasteiger charge is -2.13.